The van der Waals surface area contributed by atoms with E-state index in [-0.39, 0.29) is 27.0 Å². The van der Waals surface area contributed by atoms with Crippen LogP contribution in [0.5, 0.6) is 0 Å². The molecule has 31 heavy (non-hydrogen) atoms. The second-order valence-corrected chi connectivity index (χ2v) is 11.7. The Balaban J connectivity index is 1.59. The summed E-state index contributed by atoms with van der Waals surface area (Å²) < 4.78 is 55.1. The molecule has 1 N–H and O–H groups in total. The first kappa shape index (κ1) is 21.4. The Hall–Kier alpha value is -2.80. The molecule has 0 saturated carbocycles. The third-order valence-electron chi connectivity index (χ3n) is 4.86. The monoisotopic (exact) mass is 479 g/mol. The molecule has 9 nitrogen and oxygen atoms in total. The molecule has 0 radical (unpaired) electrons. The van der Waals surface area contributed by atoms with E-state index >= 15 is 0 Å². The molecule has 1 aliphatic heterocycles. The molecule has 2 heterocycles. The second-order valence-electron chi connectivity index (χ2n) is 6.86. The fourth-order valence-electron chi connectivity index (χ4n) is 3.32. The van der Waals surface area contributed by atoms with Crippen molar-refractivity contribution in [1.82, 2.24) is 4.31 Å². The molecule has 0 spiro atoms. The minimum atomic E-state index is -4.06. The summed E-state index contributed by atoms with van der Waals surface area (Å²) >= 11 is 1.15. The Kier molecular flexibility index (Phi) is 5.56. The van der Waals surface area contributed by atoms with E-state index in [0.29, 0.717) is 18.5 Å². The standard InChI is InChI=1S/C19H17N3O6S3/c23-22(24)17-3-1-4-18(12-17)30(25,26)20-16-7-6-14-8-9-21(13-15(14)11-16)31(27,28)19-5-2-10-29-19/h1-7,10-12,20H,8-9,13H2. The van der Waals surface area contributed by atoms with Gasteiger partial charge in [0.15, 0.2) is 0 Å². The molecule has 0 unspecified atom stereocenters. The SMILES string of the molecule is O=[N+]([O-])c1cccc(S(=O)(=O)Nc2ccc3c(c2)CN(S(=O)(=O)c2cccs2)CC3)c1. The number of benzene rings is 2. The van der Waals surface area contributed by atoms with E-state index in [9.17, 15) is 26.9 Å². The molecule has 162 valence electrons. The number of nitro benzene ring substituents is 1. The summed E-state index contributed by atoms with van der Waals surface area (Å²) in [4.78, 5) is 10.0. The summed E-state index contributed by atoms with van der Waals surface area (Å²) in [5.41, 5.74) is 1.56. The van der Waals surface area contributed by atoms with Crippen molar-refractivity contribution < 1.29 is 21.8 Å². The Morgan fingerprint density at radius 3 is 2.52 bits per heavy atom. The predicted molar refractivity (Wildman–Crippen MR) is 116 cm³/mol. The molecule has 0 fully saturated rings. The fourth-order valence-corrected chi connectivity index (χ4v) is 6.97. The van der Waals surface area contributed by atoms with E-state index in [0.717, 1.165) is 23.0 Å². The van der Waals surface area contributed by atoms with Gasteiger partial charge in [0.2, 0.25) is 0 Å². The van der Waals surface area contributed by atoms with Gasteiger partial charge >= 0.3 is 0 Å². The number of hydrogen-bond donors (Lipinski definition) is 1. The van der Waals surface area contributed by atoms with Crippen molar-refractivity contribution in [3.63, 3.8) is 0 Å². The van der Waals surface area contributed by atoms with Crippen LogP contribution in [0.1, 0.15) is 11.1 Å². The molecular formula is C19H17N3O6S3. The maximum absolute atomic E-state index is 12.8. The molecule has 0 amide bonds. The summed E-state index contributed by atoms with van der Waals surface area (Å²) in [6.07, 6.45) is 0.512. The van der Waals surface area contributed by atoms with Gasteiger partial charge in [-0.25, -0.2) is 16.8 Å². The van der Waals surface area contributed by atoms with Gasteiger partial charge in [-0.2, -0.15) is 4.31 Å². The zero-order valence-corrected chi connectivity index (χ0v) is 18.4. The van der Waals surface area contributed by atoms with Crippen LogP contribution in [0.2, 0.25) is 0 Å². The Labute approximate surface area is 183 Å². The van der Waals surface area contributed by atoms with Crippen LogP contribution in [0.15, 0.2) is 69.1 Å². The molecule has 1 aromatic heterocycles. The first-order valence-corrected chi connectivity index (χ1v) is 12.9. The van der Waals surface area contributed by atoms with Gasteiger partial charge < -0.3 is 0 Å². The van der Waals surface area contributed by atoms with Crippen LogP contribution in [0, 0.1) is 10.1 Å². The number of nitrogens with one attached hydrogen (secondary N) is 1. The van der Waals surface area contributed by atoms with Crippen molar-refractivity contribution in [2.75, 3.05) is 11.3 Å². The number of anilines is 1. The highest BCUT2D eigenvalue weighted by molar-refractivity contribution is 7.92. The van der Waals surface area contributed by atoms with Crippen LogP contribution in [-0.4, -0.2) is 32.6 Å². The topological polar surface area (TPSA) is 127 Å². The Morgan fingerprint density at radius 1 is 1.00 bits per heavy atom. The minimum absolute atomic E-state index is 0.127. The lowest BCUT2D eigenvalue weighted by Gasteiger charge is -2.28. The van der Waals surface area contributed by atoms with Crippen LogP contribution in [0.3, 0.4) is 0 Å². The number of sulfonamides is 2. The fraction of sp³-hybridized carbons (Fsp3) is 0.158. The highest BCUT2D eigenvalue weighted by atomic mass is 32.2. The number of rotatable bonds is 6. The van der Waals surface area contributed by atoms with E-state index in [1.807, 2.05) is 0 Å². The number of thiophene rings is 1. The number of nitrogens with zero attached hydrogens (tertiary/aromatic N) is 2. The quantitative estimate of drug-likeness (QED) is 0.427. The second kappa shape index (κ2) is 8.04. The van der Waals surface area contributed by atoms with E-state index in [1.165, 1.54) is 22.5 Å². The number of nitro groups is 1. The zero-order chi connectivity index (χ0) is 22.2. The van der Waals surface area contributed by atoms with E-state index in [1.54, 1.807) is 35.7 Å². The third-order valence-corrected chi connectivity index (χ3v) is 9.46. The minimum Gasteiger partial charge on any atom is -0.280 e. The molecule has 0 atom stereocenters. The van der Waals surface area contributed by atoms with Crippen molar-refractivity contribution >= 4 is 42.8 Å². The summed E-state index contributed by atoms with van der Waals surface area (Å²) in [6, 6.07) is 12.9. The number of fused-ring (bicyclic) bond motifs is 1. The molecule has 2 aromatic carbocycles. The molecular weight excluding hydrogens is 462 g/mol. The van der Waals surface area contributed by atoms with E-state index < -0.39 is 25.0 Å². The molecule has 3 aromatic rings. The van der Waals surface area contributed by atoms with Gasteiger partial charge in [0.05, 0.1) is 9.82 Å². The molecule has 12 heteroatoms. The average molecular weight is 480 g/mol. The van der Waals surface area contributed by atoms with Crippen molar-refractivity contribution in [3.05, 3.63) is 81.2 Å². The van der Waals surface area contributed by atoms with Crippen molar-refractivity contribution in [2.24, 2.45) is 0 Å². The number of non-ortho nitro benzene ring substituents is 1. The normalized spacial score (nSPS) is 14.7. The van der Waals surface area contributed by atoms with Crippen molar-refractivity contribution in [1.29, 1.82) is 0 Å². The zero-order valence-electron chi connectivity index (χ0n) is 16.0. The predicted octanol–water partition coefficient (Wildman–Crippen LogP) is 3.20. The summed E-state index contributed by atoms with van der Waals surface area (Å²) in [7, 11) is -7.67. The van der Waals surface area contributed by atoms with Crippen LogP contribution in [0.4, 0.5) is 11.4 Å². The molecule has 1 aliphatic rings. The maximum atomic E-state index is 12.8. The Bertz CT molecular complexity index is 1350. The molecule has 0 bridgehead atoms. The molecule has 0 aliphatic carbocycles. The summed E-state index contributed by atoms with van der Waals surface area (Å²) in [5, 5.41) is 12.6. The van der Waals surface area contributed by atoms with Crippen molar-refractivity contribution in [3.8, 4) is 0 Å². The lowest BCUT2D eigenvalue weighted by atomic mass is 10.0. The van der Waals surface area contributed by atoms with Crippen LogP contribution in [-0.2, 0) is 33.0 Å². The van der Waals surface area contributed by atoms with Crippen LogP contribution < -0.4 is 4.72 Å². The lowest BCUT2D eigenvalue weighted by Crippen LogP contribution is -2.35. The highest BCUT2D eigenvalue weighted by Crippen LogP contribution is 2.29. The molecule has 4 rings (SSSR count). The third kappa shape index (κ3) is 4.32. The van der Waals surface area contributed by atoms with Crippen molar-refractivity contribution in [2.45, 2.75) is 22.1 Å². The first-order valence-electron chi connectivity index (χ1n) is 9.09. The van der Waals surface area contributed by atoms with Crippen LogP contribution in [0.25, 0.3) is 0 Å². The first-order chi connectivity index (χ1) is 14.7. The lowest BCUT2D eigenvalue weighted by molar-refractivity contribution is -0.385. The summed E-state index contributed by atoms with van der Waals surface area (Å²) in [6.45, 7) is 0.466. The van der Waals surface area contributed by atoms with Gasteiger partial charge in [-0.3, -0.25) is 14.8 Å². The van der Waals surface area contributed by atoms with E-state index in [4.69, 9.17) is 0 Å². The smallest absolute Gasteiger partial charge is 0.270 e. The van der Waals surface area contributed by atoms with Gasteiger partial charge in [-0.15, -0.1) is 11.3 Å². The van der Waals surface area contributed by atoms with Gasteiger partial charge in [0.25, 0.3) is 25.7 Å². The van der Waals surface area contributed by atoms with Gasteiger partial charge in [-0.1, -0.05) is 18.2 Å². The van der Waals surface area contributed by atoms with Crippen LogP contribution >= 0.6 is 11.3 Å². The number of hydrogen-bond acceptors (Lipinski definition) is 7. The molecule has 0 saturated heterocycles. The van der Waals surface area contributed by atoms with Gasteiger partial charge in [0, 0.05) is 30.9 Å². The summed E-state index contributed by atoms with van der Waals surface area (Å²) in [5.74, 6) is 0. The van der Waals surface area contributed by atoms with Gasteiger partial charge in [0.1, 0.15) is 4.21 Å². The van der Waals surface area contributed by atoms with Gasteiger partial charge in [-0.05, 0) is 47.2 Å². The highest BCUT2D eigenvalue weighted by Gasteiger charge is 2.29. The van der Waals surface area contributed by atoms with E-state index in [2.05, 4.69) is 4.72 Å². The maximum Gasteiger partial charge on any atom is 0.270 e. The average Bonchev–Trinajstić information content (AvgIpc) is 3.29. The Morgan fingerprint density at radius 2 is 1.81 bits per heavy atom. The largest absolute Gasteiger partial charge is 0.280 e.